The van der Waals surface area contributed by atoms with Gasteiger partial charge in [0, 0.05) is 11.3 Å². The van der Waals surface area contributed by atoms with Crippen molar-refractivity contribution >= 4 is 19.1 Å². The van der Waals surface area contributed by atoms with Crippen molar-refractivity contribution in [3.05, 3.63) is 0 Å². The summed E-state index contributed by atoms with van der Waals surface area (Å²) in [7, 11) is -1.39. The highest BCUT2D eigenvalue weighted by Gasteiger charge is 2.01. The molecule has 0 heterocycles. The lowest BCUT2D eigenvalue weighted by atomic mass is 11.5. The van der Waals surface area contributed by atoms with Gasteiger partial charge in [-0.1, -0.05) is 4.57 Å². The van der Waals surface area contributed by atoms with Crippen LogP contribution in [-0.4, -0.2) is 21.7 Å². The molecule has 0 saturated carbocycles. The second-order valence-corrected chi connectivity index (χ2v) is 3.50. The minimum absolute atomic E-state index is 0.0332. The smallest absolute Gasteiger partial charge is 0.351 e. The highest BCUT2D eigenvalue weighted by molar-refractivity contribution is 7.77. The molecule has 0 bridgehead atoms. The molecule has 0 saturated heterocycles. The van der Waals surface area contributed by atoms with Crippen LogP contribution in [0.1, 0.15) is 0 Å². The monoisotopic (exact) mass is 155 g/mol. The van der Waals surface area contributed by atoms with Gasteiger partial charge >= 0.3 is 7.80 Å². The van der Waals surface area contributed by atoms with Crippen molar-refractivity contribution < 1.29 is 13.3 Å². The average Bonchev–Trinajstić information content (AvgIpc) is 1.61. The first-order valence-electron chi connectivity index (χ1n) is 1.84. The molecule has 0 aromatic rings. The van der Waals surface area contributed by atoms with Gasteiger partial charge in [-0.15, -0.1) is 0 Å². The van der Waals surface area contributed by atoms with Gasteiger partial charge in [-0.25, -0.2) is 4.72 Å². The van der Waals surface area contributed by atoms with Gasteiger partial charge < -0.3 is 4.55 Å². The molecule has 6 heteroatoms. The number of hydrogen-bond acceptors (Lipinski definition) is 3. The molecule has 2 unspecified atom stereocenters. The molecule has 4 nitrogen and oxygen atoms in total. The van der Waals surface area contributed by atoms with E-state index in [-0.39, 0.29) is 6.29 Å². The Balaban J connectivity index is 3.18. The van der Waals surface area contributed by atoms with E-state index in [2.05, 4.69) is 0 Å². The van der Waals surface area contributed by atoms with E-state index < -0.39 is 19.1 Å². The first-order chi connectivity index (χ1) is 3.63. The quantitative estimate of drug-likeness (QED) is 0.452. The predicted molar refractivity (Wildman–Crippen MR) is 30.5 cm³/mol. The van der Waals surface area contributed by atoms with Gasteiger partial charge in [0.1, 0.15) is 6.66 Å². The molecule has 0 spiro atoms. The number of rotatable bonds is 3. The maximum atomic E-state index is 10.2. The van der Waals surface area contributed by atoms with Crippen molar-refractivity contribution in [3.63, 3.8) is 0 Å². The van der Waals surface area contributed by atoms with E-state index in [4.69, 9.17) is 0 Å². The zero-order valence-electron chi connectivity index (χ0n) is 4.29. The van der Waals surface area contributed by atoms with E-state index in [1.165, 1.54) is 6.66 Å². The summed E-state index contributed by atoms with van der Waals surface area (Å²) in [6, 6.07) is 0. The van der Waals surface area contributed by atoms with E-state index >= 15 is 0 Å². The Morgan fingerprint density at radius 2 is 2.38 bits per heavy atom. The van der Waals surface area contributed by atoms with E-state index in [9.17, 15) is 13.3 Å². The fraction of sp³-hybridized carbons (Fsp3) is 1.00. The Morgan fingerprint density at radius 1 is 1.88 bits per heavy atom. The van der Waals surface area contributed by atoms with Crippen molar-refractivity contribution in [3.8, 4) is 0 Å². The third-order valence-corrected chi connectivity index (χ3v) is 1.60. The zero-order valence-corrected chi connectivity index (χ0v) is 6.00. The molecule has 2 atom stereocenters. The summed E-state index contributed by atoms with van der Waals surface area (Å²) in [4.78, 5) is 0. The van der Waals surface area contributed by atoms with Crippen molar-refractivity contribution in [1.82, 2.24) is 4.72 Å². The first-order valence-corrected chi connectivity index (χ1v) is 4.80. The SMILES string of the molecule is C[P+](=O)CNS(=O)[O-]. The summed E-state index contributed by atoms with van der Waals surface area (Å²) in [6.45, 7) is 1.45. The molecule has 8 heavy (non-hydrogen) atoms. The Kier molecular flexibility index (Phi) is 4.18. The van der Waals surface area contributed by atoms with Crippen LogP contribution in [0.2, 0.25) is 0 Å². The van der Waals surface area contributed by atoms with Crippen molar-refractivity contribution in [2.24, 2.45) is 0 Å². The van der Waals surface area contributed by atoms with Crippen LogP contribution >= 0.6 is 7.80 Å². The second kappa shape index (κ2) is 4.09. The third kappa shape index (κ3) is 6.17. The lowest BCUT2D eigenvalue weighted by Gasteiger charge is -1.98. The maximum absolute atomic E-state index is 10.2. The molecular weight excluding hydrogens is 149 g/mol. The Hall–Kier alpha value is 0.170. The lowest BCUT2D eigenvalue weighted by molar-refractivity contribution is 0.526. The van der Waals surface area contributed by atoms with E-state index in [0.717, 1.165) is 0 Å². The van der Waals surface area contributed by atoms with Gasteiger partial charge in [-0.05, 0) is 0 Å². The van der Waals surface area contributed by atoms with Crippen LogP contribution in [0.4, 0.5) is 0 Å². The molecule has 0 rings (SSSR count). The summed E-state index contributed by atoms with van der Waals surface area (Å²) in [5.74, 6) is 0. The second-order valence-electron chi connectivity index (χ2n) is 1.17. The van der Waals surface area contributed by atoms with E-state index in [1.54, 1.807) is 0 Å². The largest absolute Gasteiger partial charge is 0.760 e. The van der Waals surface area contributed by atoms with Crippen LogP contribution in [0.5, 0.6) is 0 Å². The lowest BCUT2D eigenvalue weighted by Crippen LogP contribution is -2.14. The average molecular weight is 155 g/mol. The van der Waals surface area contributed by atoms with Gasteiger partial charge in [0.05, 0.1) is 0 Å². The maximum Gasteiger partial charge on any atom is 0.351 e. The van der Waals surface area contributed by atoms with Crippen LogP contribution in [0.15, 0.2) is 0 Å². The van der Waals surface area contributed by atoms with Crippen LogP contribution in [0.3, 0.4) is 0 Å². The van der Waals surface area contributed by atoms with Gasteiger partial charge in [0.2, 0.25) is 6.29 Å². The molecular formula is C2H6NO3PS. The highest BCUT2D eigenvalue weighted by atomic mass is 32.2. The summed E-state index contributed by atoms with van der Waals surface area (Å²) in [5, 5.41) is 0. The van der Waals surface area contributed by atoms with Gasteiger partial charge in [0.25, 0.3) is 0 Å². The van der Waals surface area contributed by atoms with Crippen LogP contribution in [0, 0.1) is 0 Å². The van der Waals surface area contributed by atoms with Crippen LogP contribution in [0.25, 0.3) is 0 Å². The van der Waals surface area contributed by atoms with Crippen LogP contribution in [-0.2, 0) is 15.8 Å². The highest BCUT2D eigenvalue weighted by Crippen LogP contribution is 2.08. The van der Waals surface area contributed by atoms with E-state index in [1.807, 2.05) is 4.72 Å². The summed E-state index contributed by atoms with van der Waals surface area (Å²) >= 11 is -2.27. The molecule has 0 radical (unpaired) electrons. The molecule has 48 valence electrons. The molecule has 0 amide bonds. The fourth-order valence-electron chi connectivity index (χ4n) is 0.144. The standard InChI is InChI=1S/C2H6NO3PS/c1-7(4)2-3-8(5)6/h3H,2H2,1H3. The minimum atomic E-state index is -2.27. The first kappa shape index (κ1) is 8.17. The Labute approximate surface area is 50.9 Å². The zero-order chi connectivity index (χ0) is 6.57. The Morgan fingerprint density at radius 3 is 2.50 bits per heavy atom. The van der Waals surface area contributed by atoms with Gasteiger partial charge in [0.15, 0.2) is 0 Å². The van der Waals surface area contributed by atoms with E-state index in [0.29, 0.717) is 0 Å². The third-order valence-electron chi connectivity index (χ3n) is 0.405. The van der Waals surface area contributed by atoms with Gasteiger partial charge in [-0.3, -0.25) is 4.21 Å². The molecule has 0 aliphatic heterocycles. The topological polar surface area (TPSA) is 69.2 Å². The van der Waals surface area contributed by atoms with Crippen molar-refractivity contribution in [1.29, 1.82) is 0 Å². The predicted octanol–water partition coefficient (Wildman–Crippen LogP) is -0.215. The number of nitrogens with one attached hydrogen (secondary N) is 1. The summed E-state index contributed by atoms with van der Waals surface area (Å²) in [5.41, 5.74) is 0. The number of hydrogen-bond donors (Lipinski definition) is 1. The molecule has 0 aliphatic rings. The molecule has 0 aromatic carbocycles. The normalized spacial score (nSPS) is 15.5. The Bertz CT molecular complexity index is 102. The molecule has 1 N–H and O–H groups in total. The fourth-order valence-corrected chi connectivity index (χ4v) is 1.29. The van der Waals surface area contributed by atoms with Crippen LogP contribution < -0.4 is 4.72 Å². The van der Waals surface area contributed by atoms with Gasteiger partial charge in [-0.2, -0.15) is 0 Å². The van der Waals surface area contributed by atoms with Crippen molar-refractivity contribution in [2.75, 3.05) is 13.0 Å². The summed E-state index contributed by atoms with van der Waals surface area (Å²) < 4.78 is 31.5. The molecule has 0 aliphatic carbocycles. The van der Waals surface area contributed by atoms with Crippen molar-refractivity contribution in [2.45, 2.75) is 0 Å². The molecule has 0 aromatic heterocycles. The summed E-state index contributed by atoms with van der Waals surface area (Å²) in [6.07, 6.45) is 0.0332. The molecule has 0 fully saturated rings. The minimum Gasteiger partial charge on any atom is -0.760 e.